The molecule has 0 bridgehead atoms. The van der Waals surface area contributed by atoms with Crippen molar-refractivity contribution in [2.45, 2.75) is 6.92 Å². The van der Waals surface area contributed by atoms with Crippen molar-refractivity contribution in [3.8, 4) is 0 Å². The zero-order valence-corrected chi connectivity index (χ0v) is 5.53. The lowest BCUT2D eigenvalue weighted by atomic mass is 10.2. The smallest absolute Gasteiger partial charge is 0.00690 e. The second kappa shape index (κ2) is 3.62. The Labute approximate surface area is 47.0 Å². The highest BCUT2D eigenvalue weighted by Crippen LogP contribution is 1.94. The normalized spacial score (nSPS) is 14.5. The largest absolute Gasteiger partial charge is 0.330 e. The van der Waals surface area contributed by atoms with E-state index in [0.29, 0.717) is 5.92 Å². The van der Waals surface area contributed by atoms with E-state index in [1.807, 2.05) is 0 Å². The predicted octanol–water partition coefficient (Wildman–Crippen LogP) is 0.976. The molecule has 0 aromatic rings. The molecule has 0 fully saturated rings. The SMILES string of the molecule is C[C@H](CN)CBr. The average Bonchev–Trinajstić information content (AvgIpc) is 1.65. The highest BCUT2D eigenvalue weighted by atomic mass is 79.9. The molecule has 2 N–H and O–H groups in total. The van der Waals surface area contributed by atoms with Crippen molar-refractivity contribution in [2.24, 2.45) is 11.7 Å². The number of alkyl halides is 1. The molecule has 0 unspecified atom stereocenters. The summed E-state index contributed by atoms with van der Waals surface area (Å²) < 4.78 is 0. The maximum Gasteiger partial charge on any atom is 0.00690 e. The van der Waals surface area contributed by atoms with Crippen molar-refractivity contribution in [1.82, 2.24) is 0 Å². The lowest BCUT2D eigenvalue weighted by Crippen LogP contribution is -2.10. The van der Waals surface area contributed by atoms with E-state index < -0.39 is 0 Å². The molecule has 1 atom stereocenters. The summed E-state index contributed by atoms with van der Waals surface area (Å²) in [5.41, 5.74) is 5.25. The summed E-state index contributed by atoms with van der Waals surface area (Å²) in [5, 5.41) is 1.02. The van der Waals surface area contributed by atoms with Gasteiger partial charge in [-0.2, -0.15) is 0 Å². The molecule has 0 heterocycles. The second-order valence-electron chi connectivity index (χ2n) is 1.50. The van der Waals surface area contributed by atoms with Crippen LogP contribution in [-0.2, 0) is 0 Å². The molecule has 2 heteroatoms. The standard InChI is InChI=1S/C4H10BrN/c1-4(2-5)3-6/h4H,2-3,6H2,1H3/t4-/m0/s1. The fourth-order valence-corrected chi connectivity index (χ4v) is 0.327. The van der Waals surface area contributed by atoms with E-state index in [1.54, 1.807) is 0 Å². The molecule has 0 aliphatic heterocycles. The van der Waals surface area contributed by atoms with Crippen LogP contribution in [0.5, 0.6) is 0 Å². The van der Waals surface area contributed by atoms with E-state index >= 15 is 0 Å². The van der Waals surface area contributed by atoms with E-state index in [4.69, 9.17) is 5.73 Å². The number of rotatable bonds is 2. The molecule has 1 nitrogen and oxygen atoms in total. The van der Waals surface area contributed by atoms with E-state index in [0.717, 1.165) is 11.9 Å². The third-order valence-electron chi connectivity index (χ3n) is 0.666. The number of hydrogen-bond acceptors (Lipinski definition) is 1. The van der Waals surface area contributed by atoms with Crippen molar-refractivity contribution in [3.63, 3.8) is 0 Å². The van der Waals surface area contributed by atoms with E-state index in [-0.39, 0.29) is 0 Å². The van der Waals surface area contributed by atoms with Crippen LogP contribution in [0.25, 0.3) is 0 Å². The Morgan fingerprint density at radius 1 is 1.83 bits per heavy atom. The Balaban J connectivity index is 2.75. The molecule has 0 aliphatic carbocycles. The van der Waals surface area contributed by atoms with Crippen molar-refractivity contribution >= 4 is 15.9 Å². The minimum absolute atomic E-state index is 0.630. The monoisotopic (exact) mass is 151 g/mol. The van der Waals surface area contributed by atoms with Crippen LogP contribution in [-0.4, -0.2) is 11.9 Å². The summed E-state index contributed by atoms with van der Waals surface area (Å²) >= 11 is 3.29. The minimum Gasteiger partial charge on any atom is -0.330 e. The van der Waals surface area contributed by atoms with Crippen LogP contribution >= 0.6 is 15.9 Å². The maximum absolute atomic E-state index is 5.25. The van der Waals surface area contributed by atoms with Gasteiger partial charge < -0.3 is 5.73 Å². The minimum atomic E-state index is 0.630. The first-order valence-electron chi connectivity index (χ1n) is 2.07. The van der Waals surface area contributed by atoms with Crippen molar-refractivity contribution in [2.75, 3.05) is 11.9 Å². The van der Waals surface area contributed by atoms with Crippen LogP contribution in [0.1, 0.15) is 6.92 Å². The lowest BCUT2D eigenvalue weighted by Gasteiger charge is -1.97. The first-order chi connectivity index (χ1) is 2.81. The summed E-state index contributed by atoms with van der Waals surface area (Å²) in [6.07, 6.45) is 0. The topological polar surface area (TPSA) is 26.0 Å². The van der Waals surface area contributed by atoms with Crippen LogP contribution < -0.4 is 5.73 Å². The second-order valence-corrected chi connectivity index (χ2v) is 2.14. The Kier molecular flexibility index (Phi) is 3.89. The summed E-state index contributed by atoms with van der Waals surface area (Å²) in [7, 11) is 0. The Hall–Kier alpha value is 0.440. The van der Waals surface area contributed by atoms with Gasteiger partial charge in [0, 0.05) is 5.33 Å². The van der Waals surface area contributed by atoms with Gasteiger partial charge in [-0.1, -0.05) is 22.9 Å². The van der Waals surface area contributed by atoms with Gasteiger partial charge in [-0.15, -0.1) is 0 Å². The first kappa shape index (κ1) is 6.44. The lowest BCUT2D eigenvalue weighted by molar-refractivity contribution is 0.680. The summed E-state index contributed by atoms with van der Waals surface area (Å²) in [6.45, 7) is 2.89. The predicted molar refractivity (Wildman–Crippen MR) is 32.0 cm³/mol. The van der Waals surface area contributed by atoms with Gasteiger partial charge in [0.15, 0.2) is 0 Å². The van der Waals surface area contributed by atoms with Gasteiger partial charge >= 0.3 is 0 Å². The Bertz CT molecular complexity index is 26.7. The summed E-state index contributed by atoms with van der Waals surface area (Å²) in [5.74, 6) is 0.630. The van der Waals surface area contributed by atoms with E-state index in [1.165, 1.54) is 0 Å². The van der Waals surface area contributed by atoms with Crippen LogP contribution in [0.3, 0.4) is 0 Å². The Morgan fingerprint density at radius 3 is 2.33 bits per heavy atom. The molecule has 0 radical (unpaired) electrons. The van der Waals surface area contributed by atoms with Gasteiger partial charge in [0.25, 0.3) is 0 Å². The molecule has 0 amide bonds. The van der Waals surface area contributed by atoms with Gasteiger partial charge in [-0.05, 0) is 12.5 Å². The quantitative estimate of drug-likeness (QED) is 0.586. The van der Waals surface area contributed by atoms with Crippen molar-refractivity contribution in [3.05, 3.63) is 0 Å². The zero-order valence-electron chi connectivity index (χ0n) is 3.95. The van der Waals surface area contributed by atoms with Crippen molar-refractivity contribution in [1.29, 1.82) is 0 Å². The van der Waals surface area contributed by atoms with Gasteiger partial charge in [0.1, 0.15) is 0 Å². The van der Waals surface area contributed by atoms with Gasteiger partial charge in [0.05, 0.1) is 0 Å². The molecule has 0 spiro atoms. The fourth-order valence-electron chi connectivity index (χ4n) is 0.0630. The number of nitrogens with two attached hydrogens (primary N) is 1. The van der Waals surface area contributed by atoms with Crippen LogP contribution in [0, 0.1) is 5.92 Å². The van der Waals surface area contributed by atoms with Gasteiger partial charge in [0.2, 0.25) is 0 Å². The summed E-state index contributed by atoms with van der Waals surface area (Å²) in [6, 6.07) is 0. The van der Waals surface area contributed by atoms with Crippen LogP contribution in [0.4, 0.5) is 0 Å². The summed E-state index contributed by atoms with van der Waals surface area (Å²) in [4.78, 5) is 0. The van der Waals surface area contributed by atoms with E-state index in [2.05, 4.69) is 22.9 Å². The molecule has 0 aliphatic rings. The van der Waals surface area contributed by atoms with Gasteiger partial charge in [-0.25, -0.2) is 0 Å². The Morgan fingerprint density at radius 2 is 2.33 bits per heavy atom. The average molecular weight is 152 g/mol. The third kappa shape index (κ3) is 2.67. The first-order valence-corrected chi connectivity index (χ1v) is 3.19. The number of halogens is 1. The zero-order chi connectivity index (χ0) is 4.99. The molecule has 0 aromatic carbocycles. The molecule has 6 heavy (non-hydrogen) atoms. The third-order valence-corrected chi connectivity index (χ3v) is 1.77. The molecule has 38 valence electrons. The van der Waals surface area contributed by atoms with Crippen LogP contribution in [0.2, 0.25) is 0 Å². The van der Waals surface area contributed by atoms with E-state index in [9.17, 15) is 0 Å². The highest BCUT2D eigenvalue weighted by Gasteiger charge is 1.90. The van der Waals surface area contributed by atoms with Gasteiger partial charge in [-0.3, -0.25) is 0 Å². The highest BCUT2D eigenvalue weighted by molar-refractivity contribution is 9.09. The molecular weight excluding hydrogens is 142 g/mol. The molecular formula is C4H10BrN. The molecule has 0 saturated heterocycles. The molecule has 0 saturated carbocycles. The molecule has 0 rings (SSSR count). The fraction of sp³-hybridized carbons (Fsp3) is 1.00. The van der Waals surface area contributed by atoms with Crippen LogP contribution in [0.15, 0.2) is 0 Å². The molecule has 0 aromatic heterocycles. The maximum atomic E-state index is 5.25. The van der Waals surface area contributed by atoms with Crippen molar-refractivity contribution < 1.29 is 0 Å². The number of hydrogen-bond donors (Lipinski definition) is 1.